The number of halogens is 3. The molecule has 4 nitrogen and oxygen atoms in total. The van der Waals surface area contributed by atoms with Gasteiger partial charge in [-0.25, -0.2) is 9.97 Å². The third kappa shape index (κ3) is 2.62. The Morgan fingerprint density at radius 3 is 2.39 bits per heavy atom. The Hall–Kier alpha value is -0.400. The Balaban J connectivity index is 2.58. The van der Waals surface area contributed by atoms with Crippen LogP contribution in [-0.2, 0) is 0 Å². The molecule has 0 aliphatic rings. The van der Waals surface area contributed by atoms with Crippen LogP contribution in [0, 0.1) is 0 Å². The van der Waals surface area contributed by atoms with Gasteiger partial charge >= 0.3 is 0 Å². The van der Waals surface area contributed by atoms with Crippen LogP contribution in [0.2, 0.25) is 0 Å². The molecule has 0 aliphatic heterocycles. The predicted molar refractivity (Wildman–Crippen MR) is 81.3 cm³/mol. The first kappa shape index (κ1) is 14.0. The summed E-state index contributed by atoms with van der Waals surface area (Å²) in [7, 11) is 0. The predicted octanol–water partition coefficient (Wildman–Crippen LogP) is 4.73. The average molecular weight is 440 g/mol. The molecule has 96 valence electrons. The summed E-state index contributed by atoms with van der Waals surface area (Å²) in [4.78, 5) is 8.71. The van der Waals surface area contributed by atoms with E-state index in [9.17, 15) is 0 Å². The SMILES string of the molecule is CC(C)c1nc(-c2cc(Br)c(Br)o2)nc(N)c1Br. The highest BCUT2D eigenvalue weighted by atomic mass is 79.9. The minimum absolute atomic E-state index is 0.241. The molecule has 0 aromatic carbocycles. The third-order valence-corrected chi connectivity index (χ3v) is 4.84. The fraction of sp³-hybridized carbons (Fsp3) is 0.273. The summed E-state index contributed by atoms with van der Waals surface area (Å²) in [5, 5.41) is 0. The van der Waals surface area contributed by atoms with Gasteiger partial charge in [0.25, 0.3) is 0 Å². The molecule has 18 heavy (non-hydrogen) atoms. The zero-order valence-corrected chi connectivity index (χ0v) is 14.4. The lowest BCUT2D eigenvalue weighted by molar-refractivity contribution is 0.548. The second kappa shape index (κ2) is 5.30. The van der Waals surface area contributed by atoms with E-state index >= 15 is 0 Å². The van der Waals surface area contributed by atoms with Gasteiger partial charge in [-0.2, -0.15) is 0 Å². The molecule has 2 heterocycles. The summed E-state index contributed by atoms with van der Waals surface area (Å²) >= 11 is 10.0. The number of nitrogens with two attached hydrogens (primary N) is 1. The largest absolute Gasteiger partial charge is 0.445 e. The maximum absolute atomic E-state index is 5.88. The van der Waals surface area contributed by atoms with Crippen LogP contribution in [0.15, 0.2) is 24.1 Å². The van der Waals surface area contributed by atoms with Crippen LogP contribution < -0.4 is 5.73 Å². The second-order valence-corrected chi connectivity index (χ2v) is 6.39. The number of anilines is 1. The van der Waals surface area contributed by atoms with E-state index < -0.39 is 0 Å². The van der Waals surface area contributed by atoms with Gasteiger partial charge in [-0.3, -0.25) is 0 Å². The van der Waals surface area contributed by atoms with Crippen molar-refractivity contribution in [3.63, 3.8) is 0 Å². The summed E-state index contributed by atoms with van der Waals surface area (Å²) in [6.45, 7) is 4.09. The smallest absolute Gasteiger partial charge is 0.198 e. The highest BCUT2D eigenvalue weighted by Gasteiger charge is 2.17. The Morgan fingerprint density at radius 1 is 1.22 bits per heavy atom. The van der Waals surface area contributed by atoms with Gasteiger partial charge in [-0.15, -0.1) is 0 Å². The van der Waals surface area contributed by atoms with E-state index in [4.69, 9.17) is 10.2 Å². The van der Waals surface area contributed by atoms with E-state index in [1.165, 1.54) is 0 Å². The van der Waals surface area contributed by atoms with Crippen LogP contribution in [0.4, 0.5) is 5.82 Å². The number of aromatic nitrogens is 2. The highest BCUT2D eigenvalue weighted by molar-refractivity contribution is 9.13. The third-order valence-electron chi connectivity index (χ3n) is 2.31. The van der Waals surface area contributed by atoms with Gasteiger partial charge < -0.3 is 10.2 Å². The molecule has 0 bridgehead atoms. The van der Waals surface area contributed by atoms with Crippen molar-refractivity contribution in [3.05, 3.63) is 25.4 Å². The monoisotopic (exact) mass is 437 g/mol. The lowest BCUT2D eigenvalue weighted by Crippen LogP contribution is -2.03. The zero-order valence-electron chi connectivity index (χ0n) is 9.67. The van der Waals surface area contributed by atoms with Gasteiger partial charge in [0.15, 0.2) is 16.3 Å². The van der Waals surface area contributed by atoms with Crippen molar-refractivity contribution in [2.75, 3.05) is 5.73 Å². The second-order valence-electron chi connectivity index (χ2n) is 4.02. The number of rotatable bonds is 2. The molecule has 0 amide bonds. The van der Waals surface area contributed by atoms with Gasteiger partial charge in [-0.1, -0.05) is 13.8 Å². The first-order valence-corrected chi connectivity index (χ1v) is 7.56. The Morgan fingerprint density at radius 2 is 1.89 bits per heavy atom. The van der Waals surface area contributed by atoms with Crippen LogP contribution >= 0.6 is 47.8 Å². The number of nitrogen functional groups attached to an aromatic ring is 1. The lowest BCUT2D eigenvalue weighted by atomic mass is 10.1. The van der Waals surface area contributed by atoms with Crippen molar-refractivity contribution in [3.8, 4) is 11.6 Å². The van der Waals surface area contributed by atoms with Gasteiger partial charge in [-0.05, 0) is 53.7 Å². The normalized spacial score (nSPS) is 11.2. The fourth-order valence-corrected chi connectivity index (χ4v) is 2.64. The van der Waals surface area contributed by atoms with Gasteiger partial charge in [0, 0.05) is 6.07 Å². The molecule has 2 aromatic rings. The van der Waals surface area contributed by atoms with Crippen LogP contribution in [0.3, 0.4) is 0 Å². The molecule has 2 aromatic heterocycles. The maximum atomic E-state index is 5.88. The van der Waals surface area contributed by atoms with Gasteiger partial charge in [0.2, 0.25) is 0 Å². The van der Waals surface area contributed by atoms with Crippen LogP contribution in [0.1, 0.15) is 25.5 Å². The number of nitrogens with zero attached hydrogens (tertiary/aromatic N) is 2. The molecule has 0 spiro atoms. The quantitative estimate of drug-likeness (QED) is 0.734. The Kier molecular flexibility index (Phi) is 4.13. The molecule has 2 rings (SSSR count). The van der Waals surface area contributed by atoms with Gasteiger partial charge in [0.05, 0.1) is 14.6 Å². The maximum Gasteiger partial charge on any atom is 0.198 e. The molecule has 0 saturated carbocycles. The number of hydrogen-bond donors (Lipinski definition) is 1. The standard InChI is InChI=1S/C11H10Br3N3O/c1-4(2)8-7(13)10(15)17-11(16-8)6-3-5(12)9(14)18-6/h3-4H,1-2H3,(H2,15,16,17). The summed E-state index contributed by atoms with van der Waals surface area (Å²) in [6.07, 6.45) is 0. The van der Waals surface area contributed by atoms with E-state index in [-0.39, 0.29) is 5.92 Å². The van der Waals surface area contributed by atoms with E-state index in [1.54, 1.807) is 6.07 Å². The molecule has 0 aliphatic carbocycles. The molecule has 0 radical (unpaired) electrons. The zero-order chi connectivity index (χ0) is 13.4. The molecular formula is C11H10Br3N3O. The van der Waals surface area contributed by atoms with Gasteiger partial charge in [0.1, 0.15) is 5.82 Å². The lowest BCUT2D eigenvalue weighted by Gasteiger charge is -2.10. The van der Waals surface area contributed by atoms with E-state index in [0.717, 1.165) is 14.6 Å². The summed E-state index contributed by atoms with van der Waals surface area (Å²) in [6, 6.07) is 1.80. The van der Waals surface area contributed by atoms with Crippen LogP contribution in [0.25, 0.3) is 11.6 Å². The minimum atomic E-state index is 0.241. The Labute approximate surface area is 130 Å². The molecular weight excluding hydrogens is 430 g/mol. The Bertz CT molecular complexity index is 576. The molecule has 0 saturated heterocycles. The molecule has 0 unspecified atom stereocenters. The number of furan rings is 1. The van der Waals surface area contributed by atoms with Crippen molar-refractivity contribution < 1.29 is 4.42 Å². The molecule has 7 heteroatoms. The van der Waals surface area contributed by atoms with Crippen molar-refractivity contribution in [1.29, 1.82) is 0 Å². The van der Waals surface area contributed by atoms with Crippen LogP contribution in [-0.4, -0.2) is 9.97 Å². The fourth-order valence-electron chi connectivity index (χ4n) is 1.43. The topological polar surface area (TPSA) is 64.9 Å². The van der Waals surface area contributed by atoms with Crippen molar-refractivity contribution in [2.45, 2.75) is 19.8 Å². The summed E-state index contributed by atoms with van der Waals surface area (Å²) < 4.78 is 7.66. The van der Waals surface area contributed by atoms with E-state index in [0.29, 0.717) is 22.1 Å². The first-order valence-electron chi connectivity index (χ1n) is 5.18. The summed E-state index contributed by atoms with van der Waals surface area (Å²) in [5.74, 6) is 1.69. The van der Waals surface area contributed by atoms with Crippen LogP contribution in [0.5, 0.6) is 0 Å². The molecule has 2 N–H and O–H groups in total. The number of hydrogen-bond acceptors (Lipinski definition) is 4. The van der Waals surface area contributed by atoms with Crippen molar-refractivity contribution in [2.24, 2.45) is 0 Å². The molecule has 0 atom stereocenters. The summed E-state index contributed by atoms with van der Waals surface area (Å²) in [5.41, 5.74) is 6.74. The van der Waals surface area contributed by atoms with Crippen molar-refractivity contribution >= 4 is 53.6 Å². The molecule has 0 fully saturated rings. The van der Waals surface area contributed by atoms with Crippen molar-refractivity contribution in [1.82, 2.24) is 9.97 Å². The minimum Gasteiger partial charge on any atom is -0.445 e. The van der Waals surface area contributed by atoms with E-state index in [2.05, 4.69) is 57.8 Å². The van der Waals surface area contributed by atoms with E-state index in [1.807, 2.05) is 13.8 Å². The first-order chi connectivity index (χ1) is 8.40. The highest BCUT2D eigenvalue weighted by Crippen LogP contribution is 2.34. The average Bonchev–Trinajstić information content (AvgIpc) is 2.62.